The van der Waals surface area contributed by atoms with Gasteiger partial charge in [-0.05, 0) is 12.5 Å². The number of nitrogens with zero attached hydrogens (tertiary/aromatic N) is 2. The molecule has 0 bridgehead atoms. The Hall–Kier alpha value is -2.58. The first kappa shape index (κ1) is 12.9. The van der Waals surface area contributed by atoms with Gasteiger partial charge in [0.15, 0.2) is 0 Å². The number of nitriles is 1. The summed E-state index contributed by atoms with van der Waals surface area (Å²) in [6.45, 7) is 1.66. The molecule has 1 aliphatic heterocycles. The van der Waals surface area contributed by atoms with Crippen LogP contribution in [0.15, 0.2) is 47.8 Å². The molecule has 0 aromatic heterocycles. The number of rotatable bonds is 2. The quantitative estimate of drug-likeness (QED) is 0.782. The van der Waals surface area contributed by atoms with Gasteiger partial charge in [0.05, 0.1) is 17.3 Å². The van der Waals surface area contributed by atoms with Gasteiger partial charge < -0.3 is 5.32 Å². The number of hydrogen-bond acceptors (Lipinski definition) is 4. The highest BCUT2D eigenvalue weighted by atomic mass is 16.2. The van der Waals surface area contributed by atoms with Crippen LogP contribution in [-0.4, -0.2) is 18.0 Å². The second-order valence-electron chi connectivity index (χ2n) is 4.03. The predicted octanol–water partition coefficient (Wildman–Crippen LogP) is 1.35. The maximum atomic E-state index is 12.0. The molecule has 0 saturated carbocycles. The summed E-state index contributed by atoms with van der Waals surface area (Å²) in [5.41, 5.74) is 4.77. The lowest BCUT2D eigenvalue weighted by Gasteiger charge is -2.30. The molecular formula is C14H14N4O. The zero-order chi connectivity index (χ0) is 13.8. The van der Waals surface area contributed by atoms with Gasteiger partial charge in [-0.25, -0.2) is 10.4 Å². The minimum absolute atomic E-state index is 0.218. The van der Waals surface area contributed by atoms with Crippen molar-refractivity contribution in [3.63, 3.8) is 0 Å². The number of amides is 1. The van der Waals surface area contributed by atoms with E-state index in [1.54, 1.807) is 14.0 Å². The van der Waals surface area contributed by atoms with Crippen LogP contribution in [0.4, 0.5) is 0 Å². The van der Waals surface area contributed by atoms with E-state index in [4.69, 9.17) is 5.26 Å². The lowest BCUT2D eigenvalue weighted by atomic mass is 10.1. The van der Waals surface area contributed by atoms with E-state index < -0.39 is 0 Å². The second-order valence-corrected chi connectivity index (χ2v) is 4.03. The minimum atomic E-state index is -0.218. The topological polar surface area (TPSA) is 68.2 Å². The summed E-state index contributed by atoms with van der Waals surface area (Å²) in [6, 6.07) is 11.6. The van der Waals surface area contributed by atoms with Crippen LogP contribution in [0.1, 0.15) is 12.5 Å². The van der Waals surface area contributed by atoms with Gasteiger partial charge in [-0.15, -0.1) is 0 Å². The SMILES string of the molecule is CNN1C(=O)C=C(c2ccccc2)N/C1=C(/C)C#N. The largest absolute Gasteiger partial charge is 0.339 e. The molecule has 96 valence electrons. The monoisotopic (exact) mass is 254 g/mol. The highest BCUT2D eigenvalue weighted by molar-refractivity contribution is 5.98. The first-order valence-corrected chi connectivity index (χ1v) is 5.84. The maximum Gasteiger partial charge on any atom is 0.268 e. The fraction of sp³-hybridized carbons (Fsp3) is 0.143. The van der Waals surface area contributed by atoms with Gasteiger partial charge in [0.1, 0.15) is 5.82 Å². The van der Waals surface area contributed by atoms with Gasteiger partial charge in [-0.3, -0.25) is 4.79 Å². The van der Waals surface area contributed by atoms with Gasteiger partial charge in [0.2, 0.25) is 0 Å². The zero-order valence-electron chi connectivity index (χ0n) is 10.8. The Balaban J connectivity index is 2.46. The fourth-order valence-electron chi connectivity index (χ4n) is 1.83. The number of hydrazine groups is 1. The number of carbonyl (C=O) groups excluding carboxylic acids is 1. The van der Waals surface area contributed by atoms with Crippen molar-refractivity contribution in [3.05, 3.63) is 53.4 Å². The van der Waals surface area contributed by atoms with E-state index in [0.29, 0.717) is 17.1 Å². The van der Waals surface area contributed by atoms with Crippen LogP contribution < -0.4 is 10.7 Å². The molecule has 0 radical (unpaired) electrons. The number of nitrogens with one attached hydrogen (secondary N) is 2. The van der Waals surface area contributed by atoms with E-state index in [-0.39, 0.29) is 5.91 Å². The molecule has 2 N–H and O–H groups in total. The second kappa shape index (κ2) is 5.38. The molecular weight excluding hydrogens is 240 g/mol. The van der Waals surface area contributed by atoms with Crippen molar-refractivity contribution < 1.29 is 4.79 Å². The molecule has 5 nitrogen and oxygen atoms in total. The Morgan fingerprint density at radius 2 is 2.05 bits per heavy atom. The Labute approximate surface area is 111 Å². The average Bonchev–Trinajstić information content (AvgIpc) is 2.46. The van der Waals surface area contributed by atoms with Crippen LogP contribution in [0.2, 0.25) is 0 Å². The summed E-state index contributed by atoms with van der Waals surface area (Å²) in [7, 11) is 1.63. The molecule has 0 saturated heterocycles. The lowest BCUT2D eigenvalue weighted by Crippen LogP contribution is -2.46. The van der Waals surface area contributed by atoms with Crippen molar-refractivity contribution in [2.75, 3.05) is 7.05 Å². The van der Waals surface area contributed by atoms with E-state index in [9.17, 15) is 4.79 Å². The summed E-state index contributed by atoms with van der Waals surface area (Å²) in [4.78, 5) is 12.0. The third-order valence-corrected chi connectivity index (χ3v) is 2.80. The van der Waals surface area contributed by atoms with E-state index in [0.717, 1.165) is 5.56 Å². The summed E-state index contributed by atoms with van der Waals surface area (Å²) >= 11 is 0. The molecule has 0 aliphatic carbocycles. The molecule has 0 spiro atoms. The van der Waals surface area contributed by atoms with Crippen molar-refractivity contribution in [2.24, 2.45) is 0 Å². The van der Waals surface area contributed by atoms with Crippen LogP contribution in [0.3, 0.4) is 0 Å². The van der Waals surface area contributed by atoms with Crippen LogP contribution in [-0.2, 0) is 4.79 Å². The number of carbonyl (C=O) groups is 1. The molecule has 0 atom stereocenters. The van der Waals surface area contributed by atoms with Crippen LogP contribution >= 0.6 is 0 Å². The molecule has 1 aliphatic rings. The van der Waals surface area contributed by atoms with Gasteiger partial charge in [-0.2, -0.15) is 5.26 Å². The molecule has 19 heavy (non-hydrogen) atoms. The van der Waals surface area contributed by atoms with Gasteiger partial charge in [0.25, 0.3) is 5.91 Å². The van der Waals surface area contributed by atoms with Crippen molar-refractivity contribution in [1.29, 1.82) is 5.26 Å². The normalized spacial score (nSPS) is 17.4. The van der Waals surface area contributed by atoms with Crippen LogP contribution in [0.25, 0.3) is 5.70 Å². The van der Waals surface area contributed by atoms with Crippen molar-refractivity contribution in [2.45, 2.75) is 6.92 Å². The standard InChI is InChI=1S/C14H14N4O/c1-10(9-15)14-17-12(8-13(19)18(14)16-2)11-6-4-3-5-7-11/h3-8,16-17H,1-2H3/b14-10+. The molecule has 0 fully saturated rings. The molecule has 1 amide bonds. The lowest BCUT2D eigenvalue weighted by molar-refractivity contribution is -0.127. The van der Waals surface area contributed by atoms with E-state index in [1.165, 1.54) is 11.1 Å². The summed E-state index contributed by atoms with van der Waals surface area (Å²) in [5.74, 6) is 0.237. The molecule has 2 rings (SSSR count). The third-order valence-electron chi connectivity index (χ3n) is 2.80. The van der Waals surface area contributed by atoms with E-state index in [2.05, 4.69) is 10.7 Å². The predicted molar refractivity (Wildman–Crippen MR) is 71.8 cm³/mol. The van der Waals surface area contributed by atoms with E-state index in [1.807, 2.05) is 36.4 Å². The van der Waals surface area contributed by atoms with Crippen LogP contribution in [0, 0.1) is 11.3 Å². The van der Waals surface area contributed by atoms with Crippen molar-refractivity contribution in [1.82, 2.24) is 15.8 Å². The van der Waals surface area contributed by atoms with Gasteiger partial charge >= 0.3 is 0 Å². The number of allylic oxidation sites excluding steroid dienone is 1. The van der Waals surface area contributed by atoms with Crippen LogP contribution in [0.5, 0.6) is 0 Å². The Kier molecular flexibility index (Phi) is 3.64. The molecule has 1 heterocycles. The Morgan fingerprint density at radius 1 is 1.37 bits per heavy atom. The Morgan fingerprint density at radius 3 is 2.63 bits per heavy atom. The summed E-state index contributed by atoms with van der Waals surface area (Å²) in [6.07, 6.45) is 1.50. The van der Waals surface area contributed by atoms with Gasteiger partial charge in [0, 0.05) is 13.1 Å². The minimum Gasteiger partial charge on any atom is -0.339 e. The highest BCUT2D eigenvalue weighted by Gasteiger charge is 2.24. The zero-order valence-corrected chi connectivity index (χ0v) is 10.8. The van der Waals surface area contributed by atoms with E-state index >= 15 is 0 Å². The molecule has 1 aromatic carbocycles. The molecule has 5 heteroatoms. The van der Waals surface area contributed by atoms with Crippen molar-refractivity contribution >= 4 is 11.6 Å². The Bertz CT molecular complexity index is 596. The fourth-order valence-corrected chi connectivity index (χ4v) is 1.83. The number of benzene rings is 1. The smallest absolute Gasteiger partial charge is 0.268 e. The van der Waals surface area contributed by atoms with Gasteiger partial charge in [-0.1, -0.05) is 30.3 Å². The summed E-state index contributed by atoms with van der Waals surface area (Å²) in [5, 5.41) is 13.4. The molecule has 0 unspecified atom stereocenters. The first-order chi connectivity index (χ1) is 9.17. The van der Waals surface area contributed by atoms with Crippen molar-refractivity contribution in [3.8, 4) is 6.07 Å². The first-order valence-electron chi connectivity index (χ1n) is 5.84. The maximum absolute atomic E-state index is 12.0. The molecule has 1 aromatic rings. The summed E-state index contributed by atoms with van der Waals surface area (Å²) < 4.78 is 0. The third kappa shape index (κ3) is 2.49. The average molecular weight is 254 g/mol. The highest BCUT2D eigenvalue weighted by Crippen LogP contribution is 2.20. The number of hydrogen-bond donors (Lipinski definition) is 2.